The number of halogens is 1. The maximum Gasteiger partial charge on any atom is 0.306 e. The molecule has 31 heavy (non-hydrogen) atoms. The summed E-state index contributed by atoms with van der Waals surface area (Å²) in [5.41, 5.74) is 1.44. The number of para-hydroxylation sites is 1. The van der Waals surface area contributed by atoms with Crippen molar-refractivity contribution in [3.8, 4) is 0 Å². The zero-order chi connectivity index (χ0) is 22.5. The number of rotatable bonds is 8. The highest BCUT2D eigenvalue weighted by Gasteiger charge is 2.35. The van der Waals surface area contributed by atoms with Crippen molar-refractivity contribution in [2.45, 2.75) is 32.7 Å². The largest absolute Gasteiger partial charge is 0.456 e. The predicted molar refractivity (Wildman–Crippen MR) is 119 cm³/mol. The van der Waals surface area contributed by atoms with Crippen molar-refractivity contribution >= 4 is 45.3 Å². The van der Waals surface area contributed by atoms with Crippen molar-refractivity contribution in [1.29, 1.82) is 0 Å². The van der Waals surface area contributed by atoms with Crippen LogP contribution < -0.4 is 4.90 Å². The summed E-state index contributed by atoms with van der Waals surface area (Å²) >= 11 is 3.29. The summed E-state index contributed by atoms with van der Waals surface area (Å²) in [7, 11) is 0. The molecular weight excluding hydrogens is 464 g/mol. The van der Waals surface area contributed by atoms with E-state index in [0.29, 0.717) is 15.6 Å². The van der Waals surface area contributed by atoms with Crippen LogP contribution in [0.4, 0.5) is 5.69 Å². The Morgan fingerprint density at radius 2 is 1.71 bits per heavy atom. The number of nitrogens with zero attached hydrogens (tertiary/aromatic N) is 2. The van der Waals surface area contributed by atoms with Gasteiger partial charge in [-0.05, 0) is 50.6 Å². The van der Waals surface area contributed by atoms with Crippen molar-refractivity contribution in [1.82, 2.24) is 4.90 Å². The SMILES string of the molecule is CC(C)N(C(=O)COC(=O)CCCN1C(=O)c2ccc(Br)cc2C1=O)c1ccccc1. The van der Waals surface area contributed by atoms with Gasteiger partial charge in [0.2, 0.25) is 0 Å². The maximum absolute atomic E-state index is 12.6. The van der Waals surface area contributed by atoms with Gasteiger partial charge < -0.3 is 9.64 Å². The molecule has 3 rings (SSSR count). The normalized spacial score (nSPS) is 12.8. The first-order chi connectivity index (χ1) is 14.8. The third-order valence-electron chi connectivity index (χ3n) is 4.87. The Balaban J connectivity index is 1.48. The van der Waals surface area contributed by atoms with Gasteiger partial charge in [0.25, 0.3) is 17.7 Å². The van der Waals surface area contributed by atoms with E-state index in [0.717, 1.165) is 10.6 Å². The molecule has 162 valence electrons. The molecule has 3 amide bonds. The van der Waals surface area contributed by atoms with E-state index in [2.05, 4.69) is 15.9 Å². The zero-order valence-corrected chi connectivity index (χ0v) is 18.9. The fourth-order valence-electron chi connectivity index (χ4n) is 3.45. The van der Waals surface area contributed by atoms with Crippen LogP contribution in [-0.4, -0.2) is 47.8 Å². The second-order valence-electron chi connectivity index (χ2n) is 7.41. The molecule has 0 N–H and O–H groups in total. The van der Waals surface area contributed by atoms with Gasteiger partial charge in [-0.3, -0.25) is 24.1 Å². The number of amides is 3. The van der Waals surface area contributed by atoms with E-state index in [9.17, 15) is 19.2 Å². The smallest absolute Gasteiger partial charge is 0.306 e. The van der Waals surface area contributed by atoms with Crippen LogP contribution in [-0.2, 0) is 14.3 Å². The molecule has 2 aromatic rings. The number of benzene rings is 2. The maximum atomic E-state index is 12.6. The molecule has 0 saturated carbocycles. The van der Waals surface area contributed by atoms with Crippen LogP contribution >= 0.6 is 15.9 Å². The van der Waals surface area contributed by atoms with E-state index in [-0.39, 0.29) is 49.8 Å². The van der Waals surface area contributed by atoms with Crippen molar-refractivity contribution in [2.24, 2.45) is 0 Å². The van der Waals surface area contributed by atoms with Crippen molar-refractivity contribution in [2.75, 3.05) is 18.1 Å². The first-order valence-electron chi connectivity index (χ1n) is 9.98. The first kappa shape index (κ1) is 22.7. The highest BCUT2D eigenvalue weighted by atomic mass is 79.9. The summed E-state index contributed by atoms with van der Waals surface area (Å²) in [6.07, 6.45) is 0.254. The summed E-state index contributed by atoms with van der Waals surface area (Å²) in [6.45, 7) is 3.50. The lowest BCUT2D eigenvalue weighted by Gasteiger charge is -2.26. The van der Waals surface area contributed by atoms with Gasteiger partial charge in [-0.25, -0.2) is 0 Å². The highest BCUT2D eigenvalue weighted by molar-refractivity contribution is 9.10. The third kappa shape index (κ3) is 5.19. The van der Waals surface area contributed by atoms with Crippen molar-refractivity contribution in [3.63, 3.8) is 0 Å². The number of imide groups is 1. The molecule has 0 bridgehead atoms. The minimum absolute atomic E-state index is 0.00258. The minimum Gasteiger partial charge on any atom is -0.456 e. The van der Waals surface area contributed by atoms with Gasteiger partial charge in [0.05, 0.1) is 11.1 Å². The molecular formula is C23H23BrN2O5. The van der Waals surface area contributed by atoms with E-state index in [1.807, 2.05) is 44.2 Å². The zero-order valence-electron chi connectivity index (χ0n) is 17.3. The monoisotopic (exact) mass is 486 g/mol. The second-order valence-corrected chi connectivity index (χ2v) is 8.32. The summed E-state index contributed by atoms with van der Waals surface area (Å²) < 4.78 is 5.84. The van der Waals surface area contributed by atoms with E-state index in [1.165, 1.54) is 0 Å². The Hall–Kier alpha value is -3.00. The molecule has 1 aliphatic heterocycles. The highest BCUT2D eigenvalue weighted by Crippen LogP contribution is 2.26. The number of ether oxygens (including phenoxy) is 1. The number of carbonyl (C=O) groups excluding carboxylic acids is 4. The van der Waals surface area contributed by atoms with E-state index in [4.69, 9.17) is 4.74 Å². The Kier molecular flexibility index (Phi) is 7.22. The molecule has 2 aromatic carbocycles. The molecule has 0 saturated heterocycles. The van der Waals surface area contributed by atoms with Gasteiger partial charge in [-0.15, -0.1) is 0 Å². The molecule has 0 spiro atoms. The molecule has 0 aliphatic carbocycles. The lowest BCUT2D eigenvalue weighted by atomic mass is 10.1. The average molecular weight is 487 g/mol. The van der Waals surface area contributed by atoms with E-state index < -0.39 is 5.97 Å². The number of anilines is 1. The quantitative estimate of drug-likeness (QED) is 0.418. The van der Waals surface area contributed by atoms with Crippen LogP contribution in [0.1, 0.15) is 47.4 Å². The summed E-state index contributed by atoms with van der Waals surface area (Å²) in [6, 6.07) is 14.0. The van der Waals surface area contributed by atoms with Gasteiger partial charge in [0.15, 0.2) is 6.61 Å². The molecule has 8 heteroatoms. The Morgan fingerprint density at radius 1 is 1.03 bits per heavy atom. The number of esters is 1. The predicted octanol–water partition coefficient (Wildman–Crippen LogP) is 3.81. The van der Waals surface area contributed by atoms with Crippen LogP contribution in [0.3, 0.4) is 0 Å². The van der Waals surface area contributed by atoms with Crippen LogP contribution in [0.2, 0.25) is 0 Å². The minimum atomic E-state index is -0.551. The lowest BCUT2D eigenvalue weighted by Crippen LogP contribution is -2.40. The Labute approximate surface area is 189 Å². The average Bonchev–Trinajstić information content (AvgIpc) is 2.97. The molecule has 0 aromatic heterocycles. The molecule has 0 fully saturated rings. The van der Waals surface area contributed by atoms with Crippen LogP contribution in [0.15, 0.2) is 53.0 Å². The topological polar surface area (TPSA) is 84.0 Å². The molecule has 0 radical (unpaired) electrons. The summed E-state index contributed by atoms with van der Waals surface area (Å²) in [4.78, 5) is 52.2. The number of hydrogen-bond acceptors (Lipinski definition) is 5. The number of fused-ring (bicyclic) bond motifs is 1. The molecule has 1 aliphatic rings. The van der Waals surface area contributed by atoms with Crippen LogP contribution in [0.25, 0.3) is 0 Å². The number of hydrogen-bond donors (Lipinski definition) is 0. The Bertz CT molecular complexity index is 1010. The standard InChI is InChI=1S/C23H23BrN2O5/c1-15(2)26(17-7-4-3-5-8-17)20(27)14-31-21(28)9-6-12-25-22(29)18-11-10-16(24)13-19(18)23(25)30/h3-5,7-8,10-11,13,15H,6,9,12,14H2,1-2H3. The van der Waals surface area contributed by atoms with Crippen LogP contribution in [0.5, 0.6) is 0 Å². The van der Waals surface area contributed by atoms with Crippen molar-refractivity contribution < 1.29 is 23.9 Å². The molecule has 7 nitrogen and oxygen atoms in total. The molecule has 1 heterocycles. The number of carbonyl (C=O) groups is 4. The van der Waals surface area contributed by atoms with Gasteiger partial charge in [-0.2, -0.15) is 0 Å². The van der Waals surface area contributed by atoms with Gasteiger partial charge in [0, 0.05) is 29.2 Å². The van der Waals surface area contributed by atoms with Crippen LogP contribution in [0, 0.1) is 0 Å². The first-order valence-corrected chi connectivity index (χ1v) is 10.8. The second kappa shape index (κ2) is 9.87. The van der Waals surface area contributed by atoms with Gasteiger partial charge >= 0.3 is 5.97 Å². The van der Waals surface area contributed by atoms with Gasteiger partial charge in [0.1, 0.15) is 0 Å². The van der Waals surface area contributed by atoms with Crippen molar-refractivity contribution in [3.05, 3.63) is 64.1 Å². The third-order valence-corrected chi connectivity index (χ3v) is 5.36. The van der Waals surface area contributed by atoms with E-state index >= 15 is 0 Å². The lowest BCUT2D eigenvalue weighted by molar-refractivity contribution is -0.148. The summed E-state index contributed by atoms with van der Waals surface area (Å²) in [5, 5.41) is 0. The molecule has 0 atom stereocenters. The summed E-state index contributed by atoms with van der Waals surface area (Å²) in [5.74, 6) is -1.61. The van der Waals surface area contributed by atoms with E-state index in [1.54, 1.807) is 23.1 Å². The fourth-order valence-corrected chi connectivity index (χ4v) is 3.81. The fraction of sp³-hybridized carbons (Fsp3) is 0.304. The van der Waals surface area contributed by atoms with Gasteiger partial charge in [-0.1, -0.05) is 34.1 Å². The Morgan fingerprint density at radius 3 is 2.39 bits per heavy atom. The molecule has 0 unspecified atom stereocenters.